The Labute approximate surface area is 254 Å². The van der Waals surface area contributed by atoms with Gasteiger partial charge in [0.05, 0.1) is 12.6 Å². The summed E-state index contributed by atoms with van der Waals surface area (Å²) in [6.45, 7) is 3.60. The molecule has 1 amide bonds. The molecule has 2 aliphatic carbocycles. The number of aromatic nitrogens is 1. The molecule has 6 nitrogen and oxygen atoms in total. The van der Waals surface area contributed by atoms with Gasteiger partial charge in [-0.1, -0.05) is 41.5 Å². The lowest BCUT2D eigenvalue weighted by Crippen LogP contribution is -2.24. The molecule has 0 radical (unpaired) electrons. The van der Waals surface area contributed by atoms with Crippen LogP contribution < -0.4 is 15.4 Å². The van der Waals surface area contributed by atoms with Crippen molar-refractivity contribution in [3.05, 3.63) is 82.0 Å². The molecule has 2 atom stereocenters. The number of nitrogens with zero attached hydrogens (tertiary/aromatic N) is 1. The largest absolute Gasteiger partial charge is 0.504 e. The van der Waals surface area contributed by atoms with E-state index in [2.05, 4.69) is 41.9 Å². The van der Waals surface area contributed by atoms with Crippen LogP contribution >= 0.6 is 11.6 Å². The van der Waals surface area contributed by atoms with Crippen LogP contribution in [0.3, 0.4) is 0 Å². The molecule has 1 aromatic heterocycles. The Kier molecular flexibility index (Phi) is 10.1. The fourth-order valence-corrected chi connectivity index (χ4v) is 6.58. The van der Waals surface area contributed by atoms with Crippen molar-refractivity contribution in [2.75, 3.05) is 19.0 Å². The highest BCUT2D eigenvalue weighted by Gasteiger charge is 2.33. The Hall–Kier alpha value is -3.51. The van der Waals surface area contributed by atoms with Crippen molar-refractivity contribution in [2.24, 2.45) is 5.92 Å². The van der Waals surface area contributed by atoms with Gasteiger partial charge in [-0.05, 0) is 106 Å². The number of methoxy groups -OCH3 is 1. The molecular formula is C35H42ClN3O3. The maximum absolute atomic E-state index is 12.2. The summed E-state index contributed by atoms with van der Waals surface area (Å²) >= 11 is 6.33. The zero-order chi connectivity index (χ0) is 29.5. The lowest BCUT2D eigenvalue weighted by molar-refractivity contribution is -0.121. The predicted molar refractivity (Wildman–Crippen MR) is 172 cm³/mol. The number of hydrogen-bond donors (Lipinski definition) is 3. The fraction of sp³-hybridized carbons (Fsp3) is 0.429. The first-order chi connectivity index (χ1) is 20.4. The number of amides is 1. The van der Waals surface area contributed by atoms with Gasteiger partial charge in [0.25, 0.3) is 0 Å². The molecular weight excluding hydrogens is 546 g/mol. The van der Waals surface area contributed by atoms with Crippen molar-refractivity contribution in [1.29, 1.82) is 0 Å². The van der Waals surface area contributed by atoms with Gasteiger partial charge < -0.3 is 20.5 Å². The number of carbonyl (C=O) groups excluding carboxylic acids is 1. The van der Waals surface area contributed by atoms with E-state index in [9.17, 15) is 9.90 Å². The second-order valence-corrected chi connectivity index (χ2v) is 12.1. The van der Waals surface area contributed by atoms with Crippen molar-refractivity contribution < 1.29 is 14.6 Å². The lowest BCUT2D eigenvalue weighted by atomic mass is 9.71. The van der Waals surface area contributed by atoms with Crippen LogP contribution in [-0.4, -0.2) is 29.7 Å². The van der Waals surface area contributed by atoms with Gasteiger partial charge in [-0.15, -0.1) is 0 Å². The van der Waals surface area contributed by atoms with Gasteiger partial charge in [0.2, 0.25) is 5.91 Å². The van der Waals surface area contributed by atoms with Gasteiger partial charge in [-0.3, -0.25) is 9.78 Å². The molecule has 0 fully saturated rings. The van der Waals surface area contributed by atoms with Crippen molar-refractivity contribution >= 4 is 34.1 Å². The maximum atomic E-state index is 12.2. The number of nitrogens with one attached hydrogen (secondary N) is 2. The van der Waals surface area contributed by atoms with Crippen molar-refractivity contribution in [3.63, 3.8) is 0 Å². The number of allylic oxidation sites excluding steroid dienone is 4. The van der Waals surface area contributed by atoms with Crippen LogP contribution in [0.15, 0.2) is 60.2 Å². The van der Waals surface area contributed by atoms with Crippen molar-refractivity contribution in [1.82, 2.24) is 10.3 Å². The quantitative estimate of drug-likeness (QED) is 0.139. The van der Waals surface area contributed by atoms with E-state index in [1.54, 1.807) is 18.2 Å². The molecule has 0 aliphatic heterocycles. The number of benzene rings is 2. The summed E-state index contributed by atoms with van der Waals surface area (Å²) in [4.78, 5) is 17.3. The number of unbranched alkanes of at least 4 members (excludes halogenated alkanes) is 3. The predicted octanol–water partition coefficient (Wildman–Crippen LogP) is 8.22. The molecule has 3 aromatic rings. The number of pyridine rings is 1. The Morgan fingerprint density at radius 1 is 1.12 bits per heavy atom. The van der Waals surface area contributed by atoms with E-state index in [4.69, 9.17) is 21.3 Å². The van der Waals surface area contributed by atoms with E-state index in [1.165, 1.54) is 41.4 Å². The highest BCUT2D eigenvalue weighted by molar-refractivity contribution is 6.31. The third-order valence-electron chi connectivity index (χ3n) is 8.38. The number of anilines is 1. The second kappa shape index (κ2) is 14.1. The first kappa shape index (κ1) is 30.0. The van der Waals surface area contributed by atoms with Crippen LogP contribution in [0.4, 0.5) is 5.69 Å². The van der Waals surface area contributed by atoms with E-state index in [-0.39, 0.29) is 11.7 Å². The van der Waals surface area contributed by atoms with E-state index >= 15 is 0 Å². The first-order valence-corrected chi connectivity index (χ1v) is 15.6. The highest BCUT2D eigenvalue weighted by atomic mass is 35.5. The molecule has 222 valence electrons. The summed E-state index contributed by atoms with van der Waals surface area (Å²) < 4.78 is 5.12. The molecule has 2 aliphatic rings. The Bertz CT molecular complexity index is 1480. The number of phenolic OH excluding ortho intramolecular Hbond substituents is 1. The van der Waals surface area contributed by atoms with Crippen molar-refractivity contribution in [3.8, 4) is 11.5 Å². The summed E-state index contributed by atoms with van der Waals surface area (Å²) in [5.74, 6) is 1.69. The summed E-state index contributed by atoms with van der Waals surface area (Å²) in [5, 5.41) is 18.3. The van der Waals surface area contributed by atoms with Gasteiger partial charge in [0.1, 0.15) is 0 Å². The summed E-state index contributed by atoms with van der Waals surface area (Å²) in [5.41, 5.74) is 7.31. The number of ether oxygens (including phenoxy) is 1. The van der Waals surface area contributed by atoms with E-state index in [0.29, 0.717) is 30.6 Å². The van der Waals surface area contributed by atoms with E-state index < -0.39 is 0 Å². The number of hydrogen-bond acceptors (Lipinski definition) is 5. The van der Waals surface area contributed by atoms with Crippen LogP contribution in [0, 0.1) is 5.92 Å². The topological polar surface area (TPSA) is 83.5 Å². The Morgan fingerprint density at radius 2 is 1.95 bits per heavy atom. The van der Waals surface area contributed by atoms with Crippen LogP contribution in [0.5, 0.6) is 11.5 Å². The molecule has 0 saturated heterocycles. The maximum Gasteiger partial charge on any atom is 0.220 e. The SMILES string of the molecule is COc1cc(CNC(=O)CCCC/C=C/CCCNc2c3c(nc4cc(Cl)ccc24)CC2C=C(C)CC3C2)ccc1O. The zero-order valence-electron chi connectivity index (χ0n) is 24.7. The van der Waals surface area contributed by atoms with Crippen LogP contribution in [0.1, 0.15) is 81.0 Å². The Balaban J connectivity index is 1.04. The van der Waals surface area contributed by atoms with Gasteiger partial charge >= 0.3 is 0 Å². The number of fused-ring (bicyclic) bond motifs is 5. The monoisotopic (exact) mass is 587 g/mol. The average Bonchev–Trinajstić information content (AvgIpc) is 2.96. The van der Waals surface area contributed by atoms with E-state index in [0.717, 1.165) is 67.6 Å². The first-order valence-electron chi connectivity index (χ1n) is 15.2. The molecule has 5 rings (SSSR count). The van der Waals surface area contributed by atoms with Gasteiger partial charge in [-0.25, -0.2) is 0 Å². The normalized spacial score (nSPS) is 17.6. The van der Waals surface area contributed by atoms with Gasteiger partial charge in [-0.2, -0.15) is 0 Å². The average molecular weight is 588 g/mol. The molecule has 0 spiro atoms. The second-order valence-electron chi connectivity index (χ2n) is 11.7. The third kappa shape index (κ3) is 7.46. The number of phenols is 1. The fourth-order valence-electron chi connectivity index (χ4n) is 6.41. The molecule has 7 heteroatoms. The number of rotatable bonds is 13. The molecule has 0 saturated carbocycles. The minimum atomic E-state index is 0.0418. The molecule has 3 N–H and O–H groups in total. The van der Waals surface area contributed by atoms with Gasteiger partial charge in [0, 0.05) is 46.9 Å². The molecule has 2 aromatic carbocycles. The zero-order valence-corrected chi connectivity index (χ0v) is 25.5. The molecule has 42 heavy (non-hydrogen) atoms. The number of halogens is 1. The third-order valence-corrected chi connectivity index (χ3v) is 8.61. The summed E-state index contributed by atoms with van der Waals surface area (Å²) in [7, 11) is 1.51. The number of carbonyl (C=O) groups is 1. The molecule has 2 bridgehead atoms. The summed E-state index contributed by atoms with van der Waals surface area (Å²) in [6.07, 6.45) is 15.7. The van der Waals surface area contributed by atoms with Crippen molar-refractivity contribution in [2.45, 2.75) is 77.2 Å². The van der Waals surface area contributed by atoms with Crippen LogP contribution in [-0.2, 0) is 17.8 Å². The van der Waals surface area contributed by atoms with Crippen LogP contribution in [0.25, 0.3) is 10.9 Å². The standard InChI is InChI=1S/C35H42ClN3O3/c1-23-16-25-18-26(17-23)34-30(19-25)39-29-21-27(36)12-13-28(29)35(34)37-15-9-7-5-3-4-6-8-10-33(41)38-22-24-11-14-31(40)32(20-24)42-2/h3,5,11-14,16,20-21,25-26,40H,4,6-10,15,17-19,22H2,1-2H3,(H,37,39)(H,38,41)/b5-3+. The smallest absolute Gasteiger partial charge is 0.220 e. The molecule has 1 heterocycles. The lowest BCUT2D eigenvalue weighted by Gasteiger charge is -2.36. The minimum absolute atomic E-state index is 0.0418. The Morgan fingerprint density at radius 3 is 2.79 bits per heavy atom. The minimum Gasteiger partial charge on any atom is -0.504 e. The van der Waals surface area contributed by atoms with Crippen LogP contribution in [0.2, 0.25) is 5.02 Å². The van der Waals surface area contributed by atoms with Gasteiger partial charge in [0.15, 0.2) is 11.5 Å². The number of aromatic hydroxyl groups is 1. The van der Waals surface area contributed by atoms with E-state index in [1.807, 2.05) is 12.1 Å². The summed E-state index contributed by atoms with van der Waals surface area (Å²) in [6, 6.07) is 11.2. The highest BCUT2D eigenvalue weighted by Crippen LogP contribution is 2.47. The molecule has 2 unspecified atom stereocenters.